The fourth-order valence-electron chi connectivity index (χ4n) is 7.12. The molecule has 1 fully saturated rings. The number of H-pyrrole nitrogens is 1. The van der Waals surface area contributed by atoms with Gasteiger partial charge in [0.2, 0.25) is 35.4 Å². The summed E-state index contributed by atoms with van der Waals surface area (Å²) in [5.74, 6) is -6.57. The first-order valence-corrected chi connectivity index (χ1v) is 23.8. The summed E-state index contributed by atoms with van der Waals surface area (Å²) in [7, 11) is 2.01. The Morgan fingerprint density at radius 2 is 1.31 bits per heavy atom. The van der Waals surface area contributed by atoms with Crippen molar-refractivity contribution in [1.29, 1.82) is 0 Å². The lowest BCUT2D eigenvalue weighted by Crippen LogP contribution is -2.61. The van der Waals surface area contributed by atoms with Crippen molar-refractivity contribution in [2.24, 2.45) is 11.5 Å². The summed E-state index contributed by atoms with van der Waals surface area (Å²) in [6.45, 7) is 1.53. The zero-order valence-electron chi connectivity index (χ0n) is 35.9. The van der Waals surface area contributed by atoms with Gasteiger partial charge < -0.3 is 58.6 Å². The third-order valence-corrected chi connectivity index (χ3v) is 13.1. The van der Waals surface area contributed by atoms with Crippen LogP contribution in [0.1, 0.15) is 42.9 Å². The zero-order valence-corrected chi connectivity index (χ0v) is 37.5. The molecule has 1 saturated heterocycles. The van der Waals surface area contributed by atoms with E-state index in [-0.39, 0.29) is 43.7 Å². The molecular weight excluding hydrogens is 875 g/mol. The average molecular weight is 932 g/mol. The number of aliphatic hydroxyl groups is 1. The smallest absolute Gasteiger partial charge is 0.327 e. The van der Waals surface area contributed by atoms with Gasteiger partial charge in [-0.2, -0.15) is 0 Å². The van der Waals surface area contributed by atoms with Crippen LogP contribution >= 0.6 is 21.6 Å². The third kappa shape index (κ3) is 15.1. The monoisotopic (exact) mass is 931 g/mol. The van der Waals surface area contributed by atoms with E-state index in [0.717, 1.165) is 38.1 Å². The average Bonchev–Trinajstić information content (AvgIpc) is 3.70. The second-order valence-corrected chi connectivity index (χ2v) is 18.3. The Labute approximate surface area is 384 Å². The number of aliphatic carboxylic acids is 1. The minimum Gasteiger partial charge on any atom is -0.480 e. The first-order chi connectivity index (χ1) is 31.2. The van der Waals surface area contributed by atoms with Gasteiger partial charge in [0.1, 0.15) is 36.3 Å². The number of aromatic nitrogens is 1. The minimum atomic E-state index is -1.63. The first-order valence-electron chi connectivity index (χ1n) is 21.3. The Morgan fingerprint density at radius 1 is 0.723 bits per heavy atom. The van der Waals surface area contributed by atoms with Crippen LogP contribution in [0.3, 0.4) is 0 Å². The maximum Gasteiger partial charge on any atom is 0.327 e. The van der Waals surface area contributed by atoms with Crippen LogP contribution in [-0.4, -0.2) is 123 Å². The summed E-state index contributed by atoms with van der Waals surface area (Å²) >= 11 is 0. The molecule has 5 rings (SSSR count). The van der Waals surface area contributed by atoms with Crippen LogP contribution < -0.4 is 43.4 Å². The number of carboxylic acid groups (broad SMARTS) is 1. The summed E-state index contributed by atoms with van der Waals surface area (Å²) < 4.78 is 0. The molecule has 0 spiro atoms. The van der Waals surface area contributed by atoms with Crippen molar-refractivity contribution in [3.05, 3.63) is 108 Å². The largest absolute Gasteiger partial charge is 0.480 e. The molecule has 8 atom stereocenters. The molecule has 20 heteroatoms. The Balaban J connectivity index is 1.53. The van der Waals surface area contributed by atoms with Gasteiger partial charge in [0, 0.05) is 41.4 Å². The van der Waals surface area contributed by atoms with Gasteiger partial charge in [0.25, 0.3) is 0 Å². The first kappa shape index (κ1) is 50.1. The molecule has 3 aromatic carbocycles. The molecule has 1 aromatic heterocycles. The van der Waals surface area contributed by atoms with Crippen LogP contribution in [0.5, 0.6) is 0 Å². The molecule has 2 heterocycles. The molecule has 4 aromatic rings. The number of hydrogen-bond acceptors (Lipinski definition) is 12. The summed E-state index contributed by atoms with van der Waals surface area (Å²) in [6.07, 6.45) is 1.17. The SMILES string of the molecule is CC(O)[C@@H]1NC(=O)[C@@H](CCCCN)NC(=O)[C@@H](Cc2c[nH]c3ccccc23)NC(=O)[C@H](Cc2ccccc2)NC(=O)[C@H](NC(=O)[C@H](N)Cc2ccccc2)CSSC[C@H](C(=O)O)NC1=O. The van der Waals surface area contributed by atoms with Crippen molar-refractivity contribution in [3.8, 4) is 0 Å². The van der Waals surface area contributed by atoms with Crippen LogP contribution in [0.15, 0.2) is 91.1 Å². The molecular formula is C45H57N9O9S2. The highest BCUT2D eigenvalue weighted by atomic mass is 33.1. The van der Waals surface area contributed by atoms with Crippen molar-refractivity contribution >= 4 is 73.9 Å². The lowest BCUT2D eigenvalue weighted by atomic mass is 10.0. The van der Waals surface area contributed by atoms with Gasteiger partial charge in [-0.3, -0.25) is 28.8 Å². The van der Waals surface area contributed by atoms with E-state index in [0.29, 0.717) is 24.0 Å². The number of carboxylic acids is 1. The molecule has 1 aliphatic heterocycles. The maximum atomic E-state index is 14.6. The highest BCUT2D eigenvalue weighted by Gasteiger charge is 2.36. The van der Waals surface area contributed by atoms with Crippen LogP contribution in [-0.2, 0) is 52.8 Å². The Bertz CT molecular complexity index is 2250. The van der Waals surface area contributed by atoms with Crippen LogP contribution in [0.25, 0.3) is 10.9 Å². The number of nitrogens with one attached hydrogen (secondary N) is 7. The van der Waals surface area contributed by atoms with Crippen LogP contribution in [0.4, 0.5) is 0 Å². The predicted molar refractivity (Wildman–Crippen MR) is 249 cm³/mol. The number of fused-ring (bicyclic) bond motifs is 1. The molecule has 1 aliphatic rings. The number of unbranched alkanes of at least 4 members (excludes halogenated alkanes) is 1. The number of amides is 6. The van der Waals surface area contributed by atoms with Crippen molar-refractivity contribution in [2.75, 3.05) is 18.1 Å². The molecule has 348 valence electrons. The second kappa shape index (κ2) is 24.9. The van der Waals surface area contributed by atoms with Crippen molar-refractivity contribution in [1.82, 2.24) is 36.9 Å². The molecule has 0 bridgehead atoms. The van der Waals surface area contributed by atoms with E-state index in [1.54, 1.807) is 48.7 Å². The van der Waals surface area contributed by atoms with Gasteiger partial charge in [0.15, 0.2) is 0 Å². The van der Waals surface area contributed by atoms with E-state index >= 15 is 0 Å². The lowest BCUT2D eigenvalue weighted by Gasteiger charge is -2.28. The van der Waals surface area contributed by atoms with E-state index in [2.05, 4.69) is 36.9 Å². The van der Waals surface area contributed by atoms with Gasteiger partial charge in [-0.1, -0.05) is 100 Å². The quantitative estimate of drug-likeness (QED) is 0.0605. The summed E-state index contributed by atoms with van der Waals surface area (Å²) in [4.78, 5) is 100. The van der Waals surface area contributed by atoms with E-state index in [1.807, 2.05) is 42.5 Å². The maximum absolute atomic E-state index is 14.6. The summed E-state index contributed by atoms with van der Waals surface area (Å²) in [6, 6.07) is 15.8. The number of aliphatic hydroxyl groups excluding tert-OH is 1. The summed E-state index contributed by atoms with van der Waals surface area (Å²) in [5.41, 5.74) is 14.9. The molecule has 0 saturated carbocycles. The van der Waals surface area contributed by atoms with Gasteiger partial charge in [0.05, 0.1) is 12.1 Å². The Kier molecular flexibility index (Phi) is 19.2. The number of carbonyl (C=O) groups excluding carboxylic acids is 6. The summed E-state index contributed by atoms with van der Waals surface area (Å²) in [5, 5.41) is 37.4. The zero-order chi connectivity index (χ0) is 46.9. The van der Waals surface area contributed by atoms with Gasteiger partial charge in [-0.15, -0.1) is 0 Å². The van der Waals surface area contributed by atoms with E-state index in [9.17, 15) is 43.8 Å². The van der Waals surface area contributed by atoms with Crippen molar-refractivity contribution < 1.29 is 43.8 Å². The van der Waals surface area contributed by atoms with E-state index < -0.39 is 89.8 Å². The van der Waals surface area contributed by atoms with Crippen molar-refractivity contribution in [2.45, 2.75) is 93.8 Å². The minimum absolute atomic E-state index is 0.0270. The molecule has 65 heavy (non-hydrogen) atoms. The van der Waals surface area contributed by atoms with Gasteiger partial charge >= 0.3 is 5.97 Å². The van der Waals surface area contributed by atoms with E-state index in [4.69, 9.17) is 11.5 Å². The number of rotatable bonds is 14. The molecule has 0 aliphatic carbocycles. The van der Waals surface area contributed by atoms with Crippen LogP contribution in [0, 0.1) is 0 Å². The lowest BCUT2D eigenvalue weighted by molar-refractivity contribution is -0.142. The predicted octanol–water partition coefficient (Wildman–Crippen LogP) is 0.421. The second-order valence-electron chi connectivity index (χ2n) is 15.8. The fraction of sp³-hybridized carbons (Fsp3) is 0.400. The molecule has 1 unspecified atom stereocenters. The van der Waals surface area contributed by atoms with Crippen molar-refractivity contribution in [3.63, 3.8) is 0 Å². The fourth-order valence-corrected chi connectivity index (χ4v) is 9.44. The number of aromatic amines is 1. The topological polar surface area (TPSA) is 300 Å². The normalized spacial score (nSPS) is 22.9. The third-order valence-electron chi connectivity index (χ3n) is 10.7. The highest BCUT2D eigenvalue weighted by molar-refractivity contribution is 8.76. The van der Waals surface area contributed by atoms with Gasteiger partial charge in [-0.05, 0) is 61.9 Å². The molecule has 0 radical (unpaired) electrons. The highest BCUT2D eigenvalue weighted by Crippen LogP contribution is 2.24. The molecule has 18 nitrogen and oxygen atoms in total. The number of hydrogen-bond donors (Lipinski definition) is 11. The number of nitrogens with two attached hydrogens (primary N) is 2. The standard InChI is InChI=1S/C45H57N9O9S2/c1-26(55)38-44(61)53-37(45(62)63)25-65-64-24-36(52-39(56)31(47)20-27-12-4-2-5-13-27)43(60)50-34(21-28-14-6-3-7-15-28)41(58)51-35(22-29-23-48-32-17-9-8-16-30(29)32)42(59)49-33(40(57)54-38)18-10-11-19-46/h2-9,12-17,23,26,31,33-38,48,55H,10-11,18-22,24-25,46-47H2,1H3,(H,49,59)(H,50,60)(H,51,58)(H,52,56)(H,53,61)(H,54,57)(H,62,63)/t26?,31-,33-,34+,35-,36-,37-,38+/m1/s1. The van der Waals surface area contributed by atoms with E-state index in [1.165, 1.54) is 6.92 Å². The molecule has 13 N–H and O–H groups in total. The number of para-hydroxylation sites is 1. The molecule has 6 amide bonds. The Morgan fingerprint density at radius 3 is 1.97 bits per heavy atom. The number of carbonyl (C=O) groups is 7. The Hall–Kier alpha value is -5.93. The number of benzene rings is 3. The van der Waals surface area contributed by atoms with Crippen LogP contribution in [0.2, 0.25) is 0 Å². The van der Waals surface area contributed by atoms with Gasteiger partial charge in [-0.25, -0.2) is 4.79 Å².